The average molecular weight is 304 g/mol. The summed E-state index contributed by atoms with van der Waals surface area (Å²) in [4.78, 5) is 23.7. The van der Waals surface area contributed by atoms with E-state index in [0.717, 1.165) is 11.1 Å². The maximum absolute atomic E-state index is 12.5. The zero-order valence-electron chi connectivity index (χ0n) is 12.0. The second-order valence-electron chi connectivity index (χ2n) is 5.98. The lowest BCUT2D eigenvalue weighted by Crippen LogP contribution is -2.21. The number of nitrogens with zero attached hydrogens (tertiary/aromatic N) is 1. The molecule has 1 fully saturated rings. The lowest BCUT2D eigenvalue weighted by Gasteiger charge is -2.09. The van der Waals surface area contributed by atoms with Crippen LogP contribution < -0.4 is 5.32 Å². The van der Waals surface area contributed by atoms with Crippen LogP contribution in [0.15, 0.2) is 42.5 Å². The molecule has 2 aliphatic rings. The number of carbonyl (C=O) groups is 2. The Hall–Kier alpha value is -3.13. The van der Waals surface area contributed by atoms with Gasteiger partial charge in [-0.1, -0.05) is 12.1 Å². The van der Waals surface area contributed by atoms with Gasteiger partial charge in [-0.3, -0.25) is 4.79 Å². The summed E-state index contributed by atoms with van der Waals surface area (Å²) in [5.74, 6) is -1.07. The molecule has 1 spiro atoms. The molecule has 2 aromatic carbocycles. The van der Waals surface area contributed by atoms with Crippen LogP contribution in [-0.4, -0.2) is 17.0 Å². The van der Waals surface area contributed by atoms with Crippen LogP contribution >= 0.6 is 0 Å². The van der Waals surface area contributed by atoms with E-state index < -0.39 is 11.4 Å². The maximum atomic E-state index is 12.5. The fraction of sp³-hybridized carbons (Fsp3) is 0.167. The van der Waals surface area contributed by atoms with Gasteiger partial charge in [-0.25, -0.2) is 4.79 Å². The van der Waals surface area contributed by atoms with E-state index in [2.05, 4.69) is 11.4 Å². The molecular weight excluding hydrogens is 292 g/mol. The summed E-state index contributed by atoms with van der Waals surface area (Å²) in [7, 11) is 0. The van der Waals surface area contributed by atoms with Crippen molar-refractivity contribution < 1.29 is 14.7 Å². The number of hydrogen-bond donors (Lipinski definition) is 2. The van der Waals surface area contributed by atoms with Gasteiger partial charge in [0.2, 0.25) is 5.91 Å². The van der Waals surface area contributed by atoms with Gasteiger partial charge in [0.1, 0.15) is 0 Å². The summed E-state index contributed by atoms with van der Waals surface area (Å²) in [6.07, 6.45) is 0.654. The third-order valence-corrected chi connectivity index (χ3v) is 4.80. The summed E-state index contributed by atoms with van der Waals surface area (Å²) < 4.78 is 0. The van der Waals surface area contributed by atoms with Crippen LogP contribution in [-0.2, 0) is 10.2 Å². The summed E-state index contributed by atoms with van der Waals surface area (Å²) in [5.41, 5.74) is 2.54. The number of carboxylic acids is 1. The van der Waals surface area contributed by atoms with Crippen molar-refractivity contribution in [3.63, 3.8) is 0 Å². The minimum absolute atomic E-state index is 0.0144. The van der Waals surface area contributed by atoms with Crippen molar-refractivity contribution in [1.82, 2.24) is 0 Å². The van der Waals surface area contributed by atoms with E-state index in [0.29, 0.717) is 17.7 Å². The van der Waals surface area contributed by atoms with E-state index in [-0.39, 0.29) is 17.4 Å². The standard InChI is InChI=1S/C18H12N2O3/c19-9-10-1-3-11(4-2-10)14-8-18(14)13-7-12(16(21)22)5-6-15(13)20-17(18)23/h1-7,14H,8H2,(H,20,23)(H,21,22)/t14-,18+/m0/s1. The van der Waals surface area contributed by atoms with Crippen LogP contribution in [0.4, 0.5) is 5.69 Å². The SMILES string of the molecule is N#Cc1ccc([C@@H]2C[C@]23C(=O)Nc2ccc(C(=O)O)cc23)cc1. The molecule has 23 heavy (non-hydrogen) atoms. The Morgan fingerprint density at radius 2 is 2.00 bits per heavy atom. The third kappa shape index (κ3) is 1.78. The molecule has 4 rings (SSSR count). The highest BCUT2D eigenvalue weighted by Gasteiger charge is 2.65. The number of aromatic carboxylic acids is 1. The molecule has 0 saturated heterocycles. The number of hydrogen-bond acceptors (Lipinski definition) is 3. The highest BCUT2D eigenvalue weighted by molar-refractivity contribution is 6.10. The zero-order chi connectivity index (χ0) is 16.2. The number of rotatable bonds is 2. The Labute approximate surface area is 132 Å². The summed E-state index contributed by atoms with van der Waals surface area (Å²) in [6, 6.07) is 14.0. The van der Waals surface area contributed by atoms with Crippen molar-refractivity contribution in [1.29, 1.82) is 5.26 Å². The first-order valence-electron chi connectivity index (χ1n) is 7.25. The van der Waals surface area contributed by atoms with Gasteiger partial charge in [0, 0.05) is 11.6 Å². The van der Waals surface area contributed by atoms with Crippen molar-refractivity contribution in [2.75, 3.05) is 5.32 Å². The van der Waals surface area contributed by atoms with Crippen molar-refractivity contribution in [2.24, 2.45) is 0 Å². The minimum atomic E-state index is -1.00. The van der Waals surface area contributed by atoms with Crippen LogP contribution in [0, 0.1) is 11.3 Å². The van der Waals surface area contributed by atoms with Gasteiger partial charge in [0.15, 0.2) is 0 Å². The molecule has 1 heterocycles. The molecule has 2 atom stereocenters. The van der Waals surface area contributed by atoms with E-state index in [1.54, 1.807) is 24.3 Å². The van der Waals surface area contributed by atoms with E-state index >= 15 is 0 Å². The Bertz CT molecular complexity index is 895. The Balaban J connectivity index is 1.76. The largest absolute Gasteiger partial charge is 0.478 e. The van der Waals surface area contributed by atoms with Gasteiger partial charge in [-0.2, -0.15) is 5.26 Å². The first-order chi connectivity index (χ1) is 11.1. The second kappa shape index (κ2) is 4.43. The predicted octanol–water partition coefficient (Wildman–Crippen LogP) is 2.63. The number of carboxylic acid groups (broad SMARTS) is 1. The molecule has 0 bridgehead atoms. The Morgan fingerprint density at radius 3 is 2.65 bits per heavy atom. The molecule has 1 saturated carbocycles. The van der Waals surface area contributed by atoms with E-state index in [4.69, 9.17) is 5.26 Å². The minimum Gasteiger partial charge on any atom is -0.478 e. The maximum Gasteiger partial charge on any atom is 0.335 e. The third-order valence-electron chi connectivity index (χ3n) is 4.80. The summed E-state index contributed by atoms with van der Waals surface area (Å²) in [6.45, 7) is 0. The smallest absolute Gasteiger partial charge is 0.335 e. The van der Waals surface area contributed by atoms with Crippen molar-refractivity contribution in [3.05, 3.63) is 64.7 Å². The zero-order valence-corrected chi connectivity index (χ0v) is 12.0. The molecule has 0 radical (unpaired) electrons. The van der Waals surface area contributed by atoms with Gasteiger partial charge in [-0.15, -0.1) is 0 Å². The van der Waals surface area contributed by atoms with Crippen LogP contribution in [0.1, 0.15) is 39.4 Å². The van der Waals surface area contributed by atoms with Crippen molar-refractivity contribution in [2.45, 2.75) is 17.8 Å². The molecule has 5 heteroatoms. The normalized spacial score (nSPS) is 24.0. The molecule has 0 unspecified atom stereocenters. The fourth-order valence-corrected chi connectivity index (χ4v) is 3.52. The highest BCUT2D eigenvalue weighted by Crippen LogP contribution is 2.64. The van der Waals surface area contributed by atoms with Crippen molar-refractivity contribution in [3.8, 4) is 6.07 Å². The number of anilines is 1. The topological polar surface area (TPSA) is 90.2 Å². The number of carbonyl (C=O) groups excluding carboxylic acids is 1. The van der Waals surface area contributed by atoms with E-state index in [1.165, 1.54) is 6.07 Å². The van der Waals surface area contributed by atoms with E-state index in [9.17, 15) is 14.7 Å². The van der Waals surface area contributed by atoms with Crippen LogP contribution in [0.5, 0.6) is 0 Å². The van der Waals surface area contributed by atoms with Gasteiger partial charge < -0.3 is 10.4 Å². The quantitative estimate of drug-likeness (QED) is 0.892. The monoisotopic (exact) mass is 304 g/mol. The van der Waals surface area contributed by atoms with E-state index in [1.807, 2.05) is 12.1 Å². The molecule has 1 amide bonds. The average Bonchev–Trinajstić information content (AvgIpc) is 3.25. The molecule has 0 aromatic heterocycles. The number of amides is 1. The highest BCUT2D eigenvalue weighted by atomic mass is 16.4. The molecule has 2 N–H and O–H groups in total. The summed E-state index contributed by atoms with van der Waals surface area (Å²) >= 11 is 0. The van der Waals surface area contributed by atoms with Gasteiger partial charge in [-0.05, 0) is 47.9 Å². The van der Waals surface area contributed by atoms with Crippen LogP contribution in [0.25, 0.3) is 0 Å². The summed E-state index contributed by atoms with van der Waals surface area (Å²) in [5, 5.41) is 20.9. The Morgan fingerprint density at radius 1 is 1.26 bits per heavy atom. The fourth-order valence-electron chi connectivity index (χ4n) is 3.52. The number of nitriles is 1. The van der Waals surface area contributed by atoms with Crippen LogP contribution in [0.3, 0.4) is 0 Å². The van der Waals surface area contributed by atoms with Gasteiger partial charge in [0.05, 0.1) is 22.6 Å². The molecule has 112 valence electrons. The molecule has 1 aliphatic heterocycles. The van der Waals surface area contributed by atoms with Gasteiger partial charge >= 0.3 is 5.97 Å². The lowest BCUT2D eigenvalue weighted by atomic mass is 9.91. The van der Waals surface area contributed by atoms with Crippen LogP contribution in [0.2, 0.25) is 0 Å². The lowest BCUT2D eigenvalue weighted by molar-refractivity contribution is -0.118. The molecular formula is C18H12N2O3. The van der Waals surface area contributed by atoms with Crippen molar-refractivity contribution >= 4 is 17.6 Å². The predicted molar refractivity (Wildman–Crippen MR) is 82.2 cm³/mol. The second-order valence-corrected chi connectivity index (χ2v) is 5.98. The van der Waals surface area contributed by atoms with Gasteiger partial charge in [0.25, 0.3) is 0 Å². The number of benzene rings is 2. The Kier molecular flexibility index (Phi) is 2.61. The molecule has 2 aromatic rings. The molecule has 5 nitrogen and oxygen atoms in total. The first kappa shape index (κ1) is 13.5. The first-order valence-corrected chi connectivity index (χ1v) is 7.25. The molecule has 1 aliphatic carbocycles. The number of nitrogens with one attached hydrogen (secondary N) is 1. The number of fused-ring (bicyclic) bond motifs is 2.